The van der Waals surface area contributed by atoms with Crippen molar-refractivity contribution in [2.45, 2.75) is 20.3 Å². The number of hydrogen-bond donors (Lipinski definition) is 3. The van der Waals surface area contributed by atoms with Gasteiger partial charge in [0.2, 0.25) is 5.95 Å². The Kier molecular flexibility index (Phi) is 5.28. The number of anilines is 1. The van der Waals surface area contributed by atoms with Crippen molar-refractivity contribution in [1.29, 1.82) is 0 Å². The van der Waals surface area contributed by atoms with Gasteiger partial charge in [-0.2, -0.15) is 0 Å². The van der Waals surface area contributed by atoms with Crippen LogP contribution in [-0.2, 0) is 6.42 Å². The lowest BCUT2D eigenvalue weighted by molar-refractivity contribution is 0.0949. The number of nitrogens with one attached hydrogen (secondary N) is 3. The van der Waals surface area contributed by atoms with Gasteiger partial charge in [0.05, 0.1) is 0 Å². The van der Waals surface area contributed by atoms with Crippen LogP contribution in [0.25, 0.3) is 10.9 Å². The predicted octanol–water partition coefficient (Wildman–Crippen LogP) is 3.00. The smallest absolute Gasteiger partial charge is 0.270 e. The minimum atomic E-state index is -0.185. The van der Waals surface area contributed by atoms with Crippen LogP contribution < -0.4 is 10.6 Å². The van der Waals surface area contributed by atoms with E-state index in [-0.39, 0.29) is 5.91 Å². The first-order valence-corrected chi connectivity index (χ1v) is 8.53. The van der Waals surface area contributed by atoms with Crippen LogP contribution in [0.1, 0.15) is 29.9 Å². The summed E-state index contributed by atoms with van der Waals surface area (Å²) in [5.41, 5.74) is 2.68. The second-order valence-corrected chi connectivity index (χ2v) is 6.41. The minimum Gasteiger partial charge on any atom is -0.361 e. The van der Waals surface area contributed by atoms with Gasteiger partial charge in [0.25, 0.3) is 5.91 Å². The van der Waals surface area contributed by atoms with Gasteiger partial charge in [-0.15, -0.1) is 0 Å². The fourth-order valence-electron chi connectivity index (χ4n) is 2.61. The molecule has 130 valence electrons. The van der Waals surface area contributed by atoms with E-state index in [2.05, 4.69) is 45.5 Å². The number of amides is 1. The minimum absolute atomic E-state index is 0.185. The van der Waals surface area contributed by atoms with Crippen molar-refractivity contribution in [3.05, 3.63) is 54.0 Å². The monoisotopic (exact) mass is 337 g/mol. The van der Waals surface area contributed by atoms with Crippen molar-refractivity contribution in [2.75, 3.05) is 18.4 Å². The highest BCUT2D eigenvalue weighted by atomic mass is 16.1. The highest BCUT2D eigenvalue weighted by Gasteiger charge is 2.09. The van der Waals surface area contributed by atoms with E-state index in [1.54, 1.807) is 12.3 Å². The number of benzene rings is 1. The highest BCUT2D eigenvalue weighted by Crippen LogP contribution is 2.17. The summed E-state index contributed by atoms with van der Waals surface area (Å²) in [6, 6.07) is 9.78. The van der Waals surface area contributed by atoms with Crippen molar-refractivity contribution < 1.29 is 4.79 Å². The molecule has 0 spiro atoms. The summed E-state index contributed by atoms with van der Waals surface area (Å²) in [4.78, 5) is 23.9. The zero-order valence-corrected chi connectivity index (χ0v) is 14.5. The molecule has 0 aliphatic rings. The number of para-hydroxylation sites is 1. The van der Waals surface area contributed by atoms with Crippen LogP contribution in [0.3, 0.4) is 0 Å². The Balaban J connectivity index is 1.56. The second kappa shape index (κ2) is 7.79. The maximum absolute atomic E-state index is 12.3. The Morgan fingerprint density at radius 2 is 2.08 bits per heavy atom. The molecule has 1 aromatic carbocycles. The molecule has 3 aromatic rings. The number of aromatic amines is 1. The summed E-state index contributed by atoms with van der Waals surface area (Å²) in [5, 5.41) is 7.25. The average Bonchev–Trinajstić information content (AvgIpc) is 3.03. The lowest BCUT2D eigenvalue weighted by Gasteiger charge is -2.08. The topological polar surface area (TPSA) is 82.7 Å². The van der Waals surface area contributed by atoms with Gasteiger partial charge in [0.1, 0.15) is 5.69 Å². The molecule has 0 unspecified atom stereocenters. The zero-order valence-electron chi connectivity index (χ0n) is 14.5. The average molecular weight is 337 g/mol. The fraction of sp³-hybridized carbons (Fsp3) is 0.316. The number of aromatic nitrogens is 3. The number of fused-ring (bicyclic) bond motifs is 1. The Morgan fingerprint density at radius 3 is 2.92 bits per heavy atom. The number of carbonyl (C=O) groups is 1. The van der Waals surface area contributed by atoms with Crippen LogP contribution in [-0.4, -0.2) is 33.9 Å². The van der Waals surface area contributed by atoms with E-state index in [1.807, 2.05) is 24.4 Å². The summed E-state index contributed by atoms with van der Waals surface area (Å²) < 4.78 is 0. The van der Waals surface area contributed by atoms with Crippen LogP contribution in [0.2, 0.25) is 0 Å². The molecule has 0 saturated heterocycles. The lowest BCUT2D eigenvalue weighted by Crippen LogP contribution is -2.27. The van der Waals surface area contributed by atoms with Gasteiger partial charge in [-0.25, -0.2) is 9.97 Å². The van der Waals surface area contributed by atoms with Gasteiger partial charge in [-0.05, 0) is 30.0 Å². The first-order chi connectivity index (χ1) is 12.1. The third-order valence-corrected chi connectivity index (χ3v) is 3.91. The van der Waals surface area contributed by atoms with Crippen molar-refractivity contribution in [3.8, 4) is 0 Å². The molecule has 1 amide bonds. The molecule has 2 aromatic heterocycles. The third kappa shape index (κ3) is 4.35. The molecule has 2 heterocycles. The summed E-state index contributed by atoms with van der Waals surface area (Å²) >= 11 is 0. The Morgan fingerprint density at radius 1 is 1.24 bits per heavy atom. The van der Waals surface area contributed by atoms with Crippen molar-refractivity contribution in [1.82, 2.24) is 20.3 Å². The number of nitrogens with zero attached hydrogens (tertiary/aromatic N) is 2. The number of H-pyrrole nitrogens is 1. The van der Waals surface area contributed by atoms with Gasteiger partial charge in [0, 0.05) is 36.4 Å². The molecule has 0 aliphatic heterocycles. The van der Waals surface area contributed by atoms with Crippen molar-refractivity contribution in [2.24, 2.45) is 5.92 Å². The molecule has 3 rings (SSSR count). The van der Waals surface area contributed by atoms with E-state index in [1.165, 1.54) is 10.9 Å². The number of carbonyl (C=O) groups excluding carboxylic acids is 1. The summed E-state index contributed by atoms with van der Waals surface area (Å²) in [7, 11) is 0. The molecule has 6 nitrogen and oxygen atoms in total. The summed E-state index contributed by atoms with van der Waals surface area (Å²) in [5.74, 6) is 0.782. The van der Waals surface area contributed by atoms with Crippen LogP contribution in [0.4, 0.5) is 5.95 Å². The Labute approximate surface area is 147 Å². The second-order valence-electron chi connectivity index (χ2n) is 6.41. The molecule has 0 fully saturated rings. The summed E-state index contributed by atoms with van der Waals surface area (Å²) in [6.07, 6.45) is 4.36. The molecule has 0 bridgehead atoms. The molecular formula is C19H23N5O. The molecule has 25 heavy (non-hydrogen) atoms. The predicted molar refractivity (Wildman–Crippen MR) is 99.7 cm³/mol. The Bertz CT molecular complexity index is 856. The SMILES string of the molecule is CC(C)CNc1nccc(C(=O)NCCc2c[nH]c3ccccc23)n1. The third-order valence-electron chi connectivity index (χ3n) is 3.91. The molecule has 0 atom stereocenters. The van der Waals surface area contributed by atoms with E-state index in [0.717, 1.165) is 18.5 Å². The molecule has 0 saturated carbocycles. The van der Waals surface area contributed by atoms with Gasteiger partial charge in [-0.1, -0.05) is 32.0 Å². The van der Waals surface area contributed by atoms with E-state index in [9.17, 15) is 4.79 Å². The van der Waals surface area contributed by atoms with Crippen molar-refractivity contribution in [3.63, 3.8) is 0 Å². The van der Waals surface area contributed by atoms with Gasteiger partial charge in [-0.3, -0.25) is 4.79 Å². The van der Waals surface area contributed by atoms with Crippen LogP contribution >= 0.6 is 0 Å². The normalized spacial score (nSPS) is 11.0. The van der Waals surface area contributed by atoms with Crippen LogP contribution in [0.15, 0.2) is 42.7 Å². The molecular weight excluding hydrogens is 314 g/mol. The van der Waals surface area contributed by atoms with E-state index in [0.29, 0.717) is 24.1 Å². The molecule has 3 N–H and O–H groups in total. The van der Waals surface area contributed by atoms with E-state index < -0.39 is 0 Å². The lowest BCUT2D eigenvalue weighted by atomic mass is 10.1. The first kappa shape index (κ1) is 17.0. The fourth-order valence-corrected chi connectivity index (χ4v) is 2.61. The summed E-state index contributed by atoms with van der Waals surface area (Å²) in [6.45, 7) is 5.54. The molecule has 0 aliphatic carbocycles. The van der Waals surface area contributed by atoms with E-state index in [4.69, 9.17) is 0 Å². The Hall–Kier alpha value is -2.89. The quantitative estimate of drug-likeness (QED) is 0.619. The zero-order chi connectivity index (χ0) is 17.6. The molecule has 6 heteroatoms. The number of hydrogen-bond acceptors (Lipinski definition) is 4. The van der Waals surface area contributed by atoms with Crippen molar-refractivity contribution >= 4 is 22.8 Å². The van der Waals surface area contributed by atoms with Crippen LogP contribution in [0, 0.1) is 5.92 Å². The molecule has 0 radical (unpaired) electrons. The maximum atomic E-state index is 12.3. The highest BCUT2D eigenvalue weighted by molar-refractivity contribution is 5.92. The van der Waals surface area contributed by atoms with Gasteiger partial charge in [0.15, 0.2) is 0 Å². The van der Waals surface area contributed by atoms with Gasteiger partial charge >= 0.3 is 0 Å². The van der Waals surface area contributed by atoms with E-state index >= 15 is 0 Å². The van der Waals surface area contributed by atoms with Gasteiger partial charge < -0.3 is 15.6 Å². The van der Waals surface area contributed by atoms with Crippen LogP contribution in [0.5, 0.6) is 0 Å². The number of rotatable bonds is 7. The largest absolute Gasteiger partial charge is 0.361 e. The first-order valence-electron chi connectivity index (χ1n) is 8.53. The maximum Gasteiger partial charge on any atom is 0.270 e. The standard InChI is InChI=1S/C19H23N5O/c1-13(2)11-23-19-21-10-8-17(24-19)18(25)20-9-7-14-12-22-16-6-4-3-5-15(14)16/h3-6,8,10,12-13,22H,7,9,11H2,1-2H3,(H,20,25)(H,21,23,24).